The highest BCUT2D eigenvalue weighted by Crippen LogP contribution is 2.36. The molecule has 0 bridgehead atoms. The van der Waals surface area contributed by atoms with Gasteiger partial charge in [-0.05, 0) is 32.1 Å². The van der Waals surface area contributed by atoms with Gasteiger partial charge < -0.3 is 14.2 Å². The summed E-state index contributed by atoms with van der Waals surface area (Å²) in [6.45, 7) is 3.80. The monoisotopic (exact) mass is 573 g/mol. The number of thiophene rings is 1. The van der Waals surface area contributed by atoms with Gasteiger partial charge in [-0.25, -0.2) is 9.97 Å². The third-order valence-corrected chi connectivity index (χ3v) is 8.56. The molecule has 2 aromatic carbocycles. The highest BCUT2D eigenvalue weighted by atomic mass is 32.2. The number of benzene rings is 2. The molecule has 206 valence electrons. The van der Waals surface area contributed by atoms with Gasteiger partial charge in [-0.1, -0.05) is 72.4 Å². The van der Waals surface area contributed by atoms with Gasteiger partial charge in [0.1, 0.15) is 11.1 Å². The van der Waals surface area contributed by atoms with E-state index in [1.165, 1.54) is 29.4 Å². The Balaban J connectivity index is 1.34. The molecule has 10 heteroatoms. The number of hydrogen-bond donors (Lipinski definition) is 0. The van der Waals surface area contributed by atoms with E-state index >= 15 is 0 Å². The van der Waals surface area contributed by atoms with E-state index in [9.17, 15) is 9.59 Å². The molecule has 0 saturated carbocycles. The van der Waals surface area contributed by atoms with Gasteiger partial charge in [-0.3, -0.25) is 14.2 Å². The summed E-state index contributed by atoms with van der Waals surface area (Å²) < 4.78 is 7.24. The van der Waals surface area contributed by atoms with Gasteiger partial charge in [0.25, 0.3) is 11.5 Å². The normalized spacial score (nSPS) is 11.4. The second-order valence-corrected chi connectivity index (χ2v) is 11.9. The van der Waals surface area contributed by atoms with Crippen molar-refractivity contribution in [1.29, 1.82) is 0 Å². The number of hydrogen-bond acceptors (Lipinski definition) is 8. The van der Waals surface area contributed by atoms with Crippen LogP contribution in [0.1, 0.15) is 26.8 Å². The summed E-state index contributed by atoms with van der Waals surface area (Å²) in [7, 11) is 5.69. The molecule has 0 spiro atoms. The SMILES string of the molecule is Cc1sc2nc(SCc3nc(C(=O)N(CCN(C)C)Cc4ccccc4)co3)n(C)c(=O)c2c1-c1ccccc1. The van der Waals surface area contributed by atoms with Crippen LogP contribution in [0.2, 0.25) is 0 Å². The Kier molecular flexibility index (Phi) is 8.49. The van der Waals surface area contributed by atoms with Crippen molar-refractivity contribution in [2.45, 2.75) is 24.4 Å². The Hall–Kier alpha value is -3.73. The molecule has 0 fully saturated rings. The highest BCUT2D eigenvalue weighted by Gasteiger charge is 2.22. The van der Waals surface area contributed by atoms with Crippen LogP contribution in [0.15, 0.2) is 81.3 Å². The Labute approximate surface area is 241 Å². The standard InChI is InChI=1S/C30H31N5O3S2/c1-20-25(22-13-9-6-10-14-22)26-27(40-20)32-30(34(4)29(26)37)39-19-24-31-23(18-38-24)28(36)35(16-15-33(2)3)17-21-11-7-5-8-12-21/h5-14,18H,15-17,19H2,1-4H3. The molecule has 0 N–H and O–H groups in total. The van der Waals surface area contributed by atoms with Crippen LogP contribution in [0.5, 0.6) is 0 Å². The zero-order chi connectivity index (χ0) is 28.2. The largest absolute Gasteiger partial charge is 0.447 e. The Morgan fingerprint density at radius 2 is 1.73 bits per heavy atom. The molecule has 0 atom stereocenters. The van der Waals surface area contributed by atoms with E-state index in [-0.39, 0.29) is 17.2 Å². The molecular formula is C30H31N5O3S2. The number of amides is 1. The number of likely N-dealkylation sites (N-methyl/N-ethyl adjacent to an activating group) is 1. The van der Waals surface area contributed by atoms with Crippen LogP contribution < -0.4 is 5.56 Å². The molecular weight excluding hydrogens is 542 g/mol. The van der Waals surface area contributed by atoms with Gasteiger partial charge in [0.05, 0.1) is 11.1 Å². The first-order valence-corrected chi connectivity index (χ1v) is 14.7. The molecule has 5 rings (SSSR count). The van der Waals surface area contributed by atoms with Crippen molar-refractivity contribution in [1.82, 2.24) is 24.3 Å². The highest BCUT2D eigenvalue weighted by molar-refractivity contribution is 7.98. The lowest BCUT2D eigenvalue weighted by Gasteiger charge is -2.23. The van der Waals surface area contributed by atoms with Gasteiger partial charge in [-0.2, -0.15) is 0 Å². The van der Waals surface area contributed by atoms with Crippen LogP contribution in [0.25, 0.3) is 21.3 Å². The van der Waals surface area contributed by atoms with E-state index in [0.29, 0.717) is 40.1 Å². The van der Waals surface area contributed by atoms with Crippen molar-refractivity contribution in [2.24, 2.45) is 7.05 Å². The van der Waals surface area contributed by atoms with Gasteiger partial charge in [0.2, 0.25) is 5.89 Å². The van der Waals surface area contributed by atoms with E-state index in [2.05, 4.69) is 4.98 Å². The Morgan fingerprint density at radius 1 is 1.02 bits per heavy atom. The number of fused-ring (bicyclic) bond motifs is 1. The van der Waals surface area contributed by atoms with Gasteiger partial charge in [0.15, 0.2) is 10.9 Å². The zero-order valence-corrected chi connectivity index (χ0v) is 24.6. The first kappa shape index (κ1) is 27.8. The van der Waals surface area contributed by atoms with Crippen molar-refractivity contribution in [3.05, 3.63) is 99.3 Å². The minimum absolute atomic E-state index is 0.0866. The van der Waals surface area contributed by atoms with E-state index in [1.807, 2.05) is 86.6 Å². The number of thioether (sulfide) groups is 1. The van der Waals surface area contributed by atoms with Crippen LogP contribution >= 0.6 is 23.1 Å². The predicted molar refractivity (Wildman–Crippen MR) is 161 cm³/mol. The molecule has 0 saturated heterocycles. The Bertz CT molecular complexity index is 1680. The predicted octanol–water partition coefficient (Wildman–Crippen LogP) is 5.45. The van der Waals surface area contributed by atoms with Crippen LogP contribution in [-0.4, -0.2) is 57.4 Å². The lowest BCUT2D eigenvalue weighted by atomic mass is 10.0. The molecule has 8 nitrogen and oxygen atoms in total. The second kappa shape index (κ2) is 12.2. The summed E-state index contributed by atoms with van der Waals surface area (Å²) in [6.07, 6.45) is 1.41. The van der Waals surface area contributed by atoms with Crippen LogP contribution in [0.4, 0.5) is 0 Å². The molecule has 0 aliphatic rings. The summed E-state index contributed by atoms with van der Waals surface area (Å²) in [5, 5.41) is 1.21. The fraction of sp³-hybridized carbons (Fsp3) is 0.267. The number of oxazole rings is 1. The van der Waals surface area contributed by atoms with Gasteiger partial charge >= 0.3 is 0 Å². The molecule has 0 unspecified atom stereocenters. The van der Waals surface area contributed by atoms with Crippen LogP contribution in [-0.2, 0) is 19.3 Å². The first-order valence-electron chi connectivity index (χ1n) is 12.9. The second-order valence-electron chi connectivity index (χ2n) is 9.77. The van der Waals surface area contributed by atoms with Crippen molar-refractivity contribution in [2.75, 3.05) is 27.2 Å². The van der Waals surface area contributed by atoms with Gasteiger partial charge in [0, 0.05) is 37.1 Å². The van der Waals surface area contributed by atoms with E-state index in [4.69, 9.17) is 9.40 Å². The van der Waals surface area contributed by atoms with Crippen molar-refractivity contribution in [3.8, 4) is 11.1 Å². The number of aromatic nitrogens is 3. The zero-order valence-electron chi connectivity index (χ0n) is 23.0. The van der Waals surface area contributed by atoms with Crippen LogP contribution in [0, 0.1) is 6.92 Å². The molecule has 3 aromatic heterocycles. The average Bonchev–Trinajstić information content (AvgIpc) is 3.57. The number of nitrogens with zero attached hydrogens (tertiary/aromatic N) is 5. The fourth-order valence-corrected chi connectivity index (χ4v) is 6.36. The number of rotatable bonds is 10. The number of carbonyl (C=O) groups excluding carboxylic acids is 1. The summed E-state index contributed by atoms with van der Waals surface area (Å²) in [5.41, 5.74) is 3.18. The van der Waals surface area contributed by atoms with Gasteiger partial charge in [-0.15, -0.1) is 11.3 Å². The lowest BCUT2D eigenvalue weighted by molar-refractivity contribution is 0.0726. The molecule has 0 aliphatic carbocycles. The fourth-order valence-electron chi connectivity index (χ4n) is 4.45. The minimum atomic E-state index is -0.180. The summed E-state index contributed by atoms with van der Waals surface area (Å²) in [4.78, 5) is 41.7. The maximum absolute atomic E-state index is 13.4. The van der Waals surface area contributed by atoms with Crippen LogP contribution in [0.3, 0.4) is 0 Å². The third-order valence-electron chi connectivity index (χ3n) is 6.55. The summed E-state index contributed by atoms with van der Waals surface area (Å²) in [5.74, 6) is 0.563. The summed E-state index contributed by atoms with van der Waals surface area (Å²) >= 11 is 2.88. The molecule has 1 amide bonds. The topological polar surface area (TPSA) is 84.5 Å². The Morgan fingerprint density at radius 3 is 2.42 bits per heavy atom. The molecule has 0 aliphatic heterocycles. The smallest absolute Gasteiger partial charge is 0.276 e. The van der Waals surface area contributed by atoms with E-state index in [1.54, 1.807) is 16.5 Å². The van der Waals surface area contributed by atoms with Crippen molar-refractivity contribution >= 4 is 39.2 Å². The molecule has 5 aromatic rings. The average molecular weight is 574 g/mol. The maximum atomic E-state index is 13.4. The number of aryl methyl sites for hydroxylation is 1. The van der Waals surface area contributed by atoms with E-state index in [0.717, 1.165) is 28.1 Å². The molecule has 3 heterocycles. The molecule has 40 heavy (non-hydrogen) atoms. The lowest BCUT2D eigenvalue weighted by Crippen LogP contribution is -2.36. The first-order chi connectivity index (χ1) is 19.3. The summed E-state index contributed by atoms with van der Waals surface area (Å²) in [6, 6.07) is 19.8. The third kappa shape index (κ3) is 6.04. The van der Waals surface area contributed by atoms with E-state index < -0.39 is 0 Å². The minimum Gasteiger partial charge on any atom is -0.447 e. The molecule has 0 radical (unpaired) electrons. The number of carbonyl (C=O) groups is 1. The quantitative estimate of drug-likeness (QED) is 0.162. The van der Waals surface area contributed by atoms with Crippen molar-refractivity contribution in [3.63, 3.8) is 0 Å². The maximum Gasteiger partial charge on any atom is 0.276 e. The van der Waals surface area contributed by atoms with Crippen molar-refractivity contribution < 1.29 is 9.21 Å².